The largest absolute Gasteiger partial charge is 0.416 e. The molecule has 0 fully saturated rings. The van der Waals surface area contributed by atoms with E-state index in [1.54, 1.807) is 22.8 Å². The third-order valence-electron chi connectivity index (χ3n) is 3.10. The second-order valence-corrected chi connectivity index (χ2v) is 4.92. The van der Waals surface area contributed by atoms with Gasteiger partial charge in [0.25, 0.3) is 0 Å². The Hall–Kier alpha value is -2.21. The van der Waals surface area contributed by atoms with Crippen molar-refractivity contribution in [2.45, 2.75) is 6.18 Å². The van der Waals surface area contributed by atoms with Gasteiger partial charge < -0.3 is 5.73 Å². The molecule has 2 N–H and O–H groups in total. The Balaban J connectivity index is 2.14. The van der Waals surface area contributed by atoms with E-state index in [0.717, 1.165) is 12.1 Å². The van der Waals surface area contributed by atoms with Crippen LogP contribution in [0.3, 0.4) is 0 Å². The molecule has 0 amide bonds. The van der Waals surface area contributed by atoms with Crippen molar-refractivity contribution in [1.29, 1.82) is 0 Å². The SMILES string of the molecule is Nc1nc2cc(Cl)ccc2n1-c1ccc(C(F)(F)F)cc1. The minimum Gasteiger partial charge on any atom is -0.369 e. The normalized spacial score (nSPS) is 12.0. The number of aromatic nitrogens is 2. The summed E-state index contributed by atoms with van der Waals surface area (Å²) in [7, 11) is 0. The number of nitrogens with two attached hydrogens (primary N) is 1. The van der Waals surface area contributed by atoms with Crippen LogP contribution in [-0.4, -0.2) is 9.55 Å². The van der Waals surface area contributed by atoms with Crippen LogP contribution in [0.15, 0.2) is 42.5 Å². The summed E-state index contributed by atoms with van der Waals surface area (Å²) in [6.07, 6.45) is -4.37. The lowest BCUT2D eigenvalue weighted by Crippen LogP contribution is -2.06. The third-order valence-corrected chi connectivity index (χ3v) is 3.33. The van der Waals surface area contributed by atoms with Gasteiger partial charge in [0, 0.05) is 10.7 Å². The molecule has 0 aliphatic rings. The van der Waals surface area contributed by atoms with Gasteiger partial charge in [-0.2, -0.15) is 13.2 Å². The Kier molecular flexibility index (Phi) is 3.06. The fraction of sp³-hybridized carbons (Fsp3) is 0.0714. The lowest BCUT2D eigenvalue weighted by atomic mass is 10.2. The second kappa shape index (κ2) is 4.66. The maximum Gasteiger partial charge on any atom is 0.416 e. The number of alkyl halides is 3. The standard InChI is InChI=1S/C14H9ClF3N3/c15-9-3-6-12-11(7-9)20-13(19)21(12)10-4-1-8(2-5-10)14(16,17)18/h1-7H,(H2,19,20). The third kappa shape index (κ3) is 2.42. The fourth-order valence-corrected chi connectivity index (χ4v) is 2.31. The van der Waals surface area contributed by atoms with E-state index >= 15 is 0 Å². The molecule has 3 rings (SSSR count). The Morgan fingerprint density at radius 3 is 2.33 bits per heavy atom. The molecule has 3 nitrogen and oxygen atoms in total. The number of fused-ring (bicyclic) bond motifs is 1. The van der Waals surface area contributed by atoms with Crippen molar-refractivity contribution in [2.75, 3.05) is 5.73 Å². The predicted molar refractivity (Wildman–Crippen MR) is 75.5 cm³/mol. The number of benzene rings is 2. The molecule has 0 unspecified atom stereocenters. The lowest BCUT2D eigenvalue weighted by molar-refractivity contribution is -0.137. The molecule has 0 aliphatic carbocycles. The summed E-state index contributed by atoms with van der Waals surface area (Å²) in [5.74, 6) is 0.187. The molecular formula is C14H9ClF3N3. The van der Waals surface area contributed by atoms with Crippen LogP contribution in [0.5, 0.6) is 0 Å². The maximum absolute atomic E-state index is 12.6. The van der Waals surface area contributed by atoms with Gasteiger partial charge in [-0.3, -0.25) is 4.57 Å². The number of rotatable bonds is 1. The average molecular weight is 312 g/mol. The molecule has 108 valence electrons. The van der Waals surface area contributed by atoms with Gasteiger partial charge >= 0.3 is 6.18 Å². The summed E-state index contributed by atoms with van der Waals surface area (Å²) in [6.45, 7) is 0. The lowest BCUT2D eigenvalue weighted by Gasteiger charge is -2.10. The van der Waals surface area contributed by atoms with Crippen molar-refractivity contribution >= 4 is 28.6 Å². The van der Waals surface area contributed by atoms with Crippen molar-refractivity contribution in [3.05, 3.63) is 53.1 Å². The monoisotopic (exact) mass is 311 g/mol. The summed E-state index contributed by atoms with van der Waals surface area (Å²) < 4.78 is 39.3. The smallest absolute Gasteiger partial charge is 0.369 e. The van der Waals surface area contributed by atoms with Crippen LogP contribution >= 0.6 is 11.6 Å². The van der Waals surface area contributed by atoms with Gasteiger partial charge in [0.2, 0.25) is 5.95 Å². The first-order chi connectivity index (χ1) is 9.86. The second-order valence-electron chi connectivity index (χ2n) is 4.48. The van der Waals surface area contributed by atoms with Crippen LogP contribution in [0.25, 0.3) is 16.7 Å². The summed E-state index contributed by atoms with van der Waals surface area (Å²) in [6, 6.07) is 9.77. The Labute approximate surface area is 122 Å². The van der Waals surface area contributed by atoms with E-state index in [-0.39, 0.29) is 5.95 Å². The highest BCUT2D eigenvalue weighted by molar-refractivity contribution is 6.31. The van der Waals surface area contributed by atoms with Crippen LogP contribution in [0.4, 0.5) is 19.1 Å². The van der Waals surface area contributed by atoms with Crippen LogP contribution in [0, 0.1) is 0 Å². The van der Waals surface area contributed by atoms with E-state index in [0.29, 0.717) is 21.7 Å². The number of nitrogens with zero attached hydrogens (tertiary/aromatic N) is 2. The Morgan fingerprint density at radius 2 is 1.71 bits per heavy atom. The summed E-state index contributed by atoms with van der Waals surface area (Å²) >= 11 is 5.88. The molecule has 2 aromatic carbocycles. The minimum absolute atomic E-state index is 0.187. The van der Waals surface area contributed by atoms with Crippen LogP contribution in [0.1, 0.15) is 5.56 Å². The minimum atomic E-state index is -4.37. The van der Waals surface area contributed by atoms with Crippen LogP contribution in [0.2, 0.25) is 5.02 Å². The number of hydrogen-bond acceptors (Lipinski definition) is 2. The van der Waals surface area contributed by atoms with Crippen molar-refractivity contribution in [3.8, 4) is 5.69 Å². The first-order valence-corrected chi connectivity index (χ1v) is 6.35. The van der Waals surface area contributed by atoms with Crippen LogP contribution < -0.4 is 5.73 Å². The molecule has 0 spiro atoms. The number of nitrogen functional groups attached to an aromatic ring is 1. The molecule has 0 bridgehead atoms. The van der Waals surface area contributed by atoms with E-state index in [1.165, 1.54) is 12.1 Å². The highest BCUT2D eigenvalue weighted by Gasteiger charge is 2.30. The van der Waals surface area contributed by atoms with Gasteiger partial charge in [0.15, 0.2) is 0 Å². The van der Waals surface area contributed by atoms with Crippen molar-refractivity contribution in [2.24, 2.45) is 0 Å². The topological polar surface area (TPSA) is 43.8 Å². The van der Waals surface area contributed by atoms with E-state index in [9.17, 15) is 13.2 Å². The number of imidazole rings is 1. The quantitative estimate of drug-likeness (QED) is 0.729. The van der Waals surface area contributed by atoms with Gasteiger partial charge in [-0.15, -0.1) is 0 Å². The maximum atomic E-state index is 12.6. The summed E-state index contributed by atoms with van der Waals surface area (Å²) in [5, 5.41) is 0.513. The van der Waals surface area contributed by atoms with Gasteiger partial charge in [-0.25, -0.2) is 4.98 Å². The Bertz CT molecular complexity index is 807. The van der Waals surface area contributed by atoms with Gasteiger partial charge in [-0.1, -0.05) is 11.6 Å². The van der Waals surface area contributed by atoms with E-state index in [2.05, 4.69) is 4.98 Å². The van der Waals surface area contributed by atoms with Gasteiger partial charge in [0.1, 0.15) is 0 Å². The van der Waals surface area contributed by atoms with Crippen molar-refractivity contribution < 1.29 is 13.2 Å². The predicted octanol–water partition coefficient (Wildman–Crippen LogP) is 4.28. The van der Waals surface area contributed by atoms with E-state index in [1.807, 2.05) is 0 Å². The summed E-state index contributed by atoms with van der Waals surface area (Å²) in [4.78, 5) is 4.16. The highest BCUT2D eigenvalue weighted by Crippen LogP contribution is 2.31. The van der Waals surface area contributed by atoms with Crippen LogP contribution in [-0.2, 0) is 6.18 Å². The number of halogens is 4. The van der Waals surface area contributed by atoms with Crippen molar-refractivity contribution in [3.63, 3.8) is 0 Å². The molecule has 0 aliphatic heterocycles. The zero-order chi connectivity index (χ0) is 15.2. The van der Waals surface area contributed by atoms with E-state index < -0.39 is 11.7 Å². The Morgan fingerprint density at radius 1 is 1.05 bits per heavy atom. The van der Waals surface area contributed by atoms with E-state index in [4.69, 9.17) is 17.3 Å². The number of hydrogen-bond donors (Lipinski definition) is 1. The van der Waals surface area contributed by atoms with Gasteiger partial charge in [0.05, 0.1) is 16.6 Å². The molecule has 7 heteroatoms. The fourth-order valence-electron chi connectivity index (χ4n) is 2.14. The molecule has 1 heterocycles. The zero-order valence-electron chi connectivity index (χ0n) is 10.5. The van der Waals surface area contributed by atoms with Crippen molar-refractivity contribution in [1.82, 2.24) is 9.55 Å². The molecule has 1 aromatic heterocycles. The zero-order valence-corrected chi connectivity index (χ0v) is 11.3. The van der Waals surface area contributed by atoms with Gasteiger partial charge in [-0.05, 0) is 42.5 Å². The molecule has 0 radical (unpaired) electrons. The molecule has 21 heavy (non-hydrogen) atoms. The average Bonchev–Trinajstić information content (AvgIpc) is 2.73. The molecule has 0 saturated heterocycles. The summed E-state index contributed by atoms with van der Waals surface area (Å²) in [5.41, 5.74) is 6.90. The highest BCUT2D eigenvalue weighted by atomic mass is 35.5. The molecule has 0 saturated carbocycles. The number of anilines is 1. The molecule has 3 aromatic rings. The molecule has 0 atom stereocenters. The first kappa shape index (κ1) is 13.8. The first-order valence-electron chi connectivity index (χ1n) is 5.97. The molecular weight excluding hydrogens is 303 g/mol.